The number of rotatable bonds is 4. The van der Waals surface area contributed by atoms with Crippen molar-refractivity contribution in [1.82, 2.24) is 9.55 Å². The van der Waals surface area contributed by atoms with Crippen molar-refractivity contribution in [3.8, 4) is 5.69 Å². The van der Waals surface area contributed by atoms with Gasteiger partial charge in [0, 0.05) is 25.2 Å². The van der Waals surface area contributed by atoms with Crippen LogP contribution >= 0.6 is 0 Å². The fraction of sp³-hybridized carbons (Fsp3) is 0.167. The number of hydrogen-bond donors (Lipinski definition) is 2. The molecule has 6 nitrogen and oxygen atoms in total. The number of aromatic amines is 1. The van der Waals surface area contributed by atoms with E-state index in [2.05, 4.69) is 10.3 Å². The molecule has 1 amide bonds. The summed E-state index contributed by atoms with van der Waals surface area (Å²) in [5.74, 6) is -0.218. The van der Waals surface area contributed by atoms with Crippen LogP contribution in [0, 0.1) is 0 Å². The molecule has 18 heavy (non-hydrogen) atoms. The summed E-state index contributed by atoms with van der Waals surface area (Å²) in [4.78, 5) is 25.2. The molecule has 0 radical (unpaired) electrons. The van der Waals surface area contributed by atoms with E-state index in [-0.39, 0.29) is 18.2 Å². The minimum atomic E-state index is -0.218. The van der Waals surface area contributed by atoms with Crippen LogP contribution in [0.25, 0.3) is 5.69 Å². The second-order valence-corrected chi connectivity index (χ2v) is 3.66. The fourth-order valence-electron chi connectivity index (χ4n) is 1.56. The molecule has 0 atom stereocenters. The molecular formula is C12H13N3O3. The van der Waals surface area contributed by atoms with E-state index in [1.165, 1.54) is 11.7 Å². The van der Waals surface area contributed by atoms with E-state index >= 15 is 0 Å². The molecule has 1 heterocycles. The van der Waals surface area contributed by atoms with Gasteiger partial charge in [0.05, 0.1) is 5.69 Å². The molecule has 0 aliphatic heterocycles. The fourth-order valence-corrected chi connectivity index (χ4v) is 1.56. The zero-order chi connectivity index (χ0) is 13.0. The normalized spacial score (nSPS) is 10.3. The summed E-state index contributed by atoms with van der Waals surface area (Å²) in [6.07, 6.45) is 3.21. The average Bonchev–Trinajstić information content (AvgIpc) is 2.77. The Morgan fingerprint density at radius 3 is 2.67 bits per heavy atom. The first-order valence-corrected chi connectivity index (χ1v) is 5.36. The van der Waals surface area contributed by atoms with Crippen LogP contribution in [-0.4, -0.2) is 29.2 Å². The van der Waals surface area contributed by atoms with Crippen molar-refractivity contribution in [1.29, 1.82) is 0 Å². The minimum absolute atomic E-state index is 0.0129. The Labute approximate surface area is 103 Å². The van der Waals surface area contributed by atoms with E-state index in [0.29, 0.717) is 5.69 Å². The first-order valence-electron chi connectivity index (χ1n) is 5.36. The Hall–Kier alpha value is -2.34. The van der Waals surface area contributed by atoms with E-state index in [1.807, 2.05) is 0 Å². The lowest BCUT2D eigenvalue weighted by Crippen LogP contribution is -2.17. The number of methoxy groups -OCH3 is 1. The SMILES string of the molecule is COCC(=O)Nc1ccc(-n2cc[nH]c2=O)cc1. The third kappa shape index (κ3) is 2.67. The Morgan fingerprint density at radius 1 is 1.39 bits per heavy atom. The summed E-state index contributed by atoms with van der Waals surface area (Å²) in [5.41, 5.74) is 1.18. The van der Waals surface area contributed by atoms with Crippen LogP contribution in [0.3, 0.4) is 0 Å². The predicted molar refractivity (Wildman–Crippen MR) is 66.9 cm³/mol. The topological polar surface area (TPSA) is 76.1 Å². The molecule has 0 saturated heterocycles. The van der Waals surface area contributed by atoms with Crippen LogP contribution in [0.1, 0.15) is 0 Å². The number of nitrogens with zero attached hydrogens (tertiary/aromatic N) is 1. The van der Waals surface area contributed by atoms with Gasteiger partial charge in [-0.1, -0.05) is 0 Å². The van der Waals surface area contributed by atoms with Gasteiger partial charge >= 0.3 is 5.69 Å². The lowest BCUT2D eigenvalue weighted by Gasteiger charge is -2.06. The van der Waals surface area contributed by atoms with Gasteiger partial charge in [0.15, 0.2) is 0 Å². The molecule has 2 N–H and O–H groups in total. The molecule has 2 rings (SSSR count). The van der Waals surface area contributed by atoms with Crippen LogP contribution in [0.4, 0.5) is 5.69 Å². The highest BCUT2D eigenvalue weighted by molar-refractivity contribution is 5.91. The number of anilines is 1. The quantitative estimate of drug-likeness (QED) is 0.837. The molecule has 1 aromatic carbocycles. The van der Waals surface area contributed by atoms with Crippen LogP contribution < -0.4 is 11.0 Å². The summed E-state index contributed by atoms with van der Waals surface area (Å²) in [7, 11) is 1.46. The van der Waals surface area contributed by atoms with E-state index in [1.54, 1.807) is 36.7 Å². The molecule has 2 aromatic rings. The van der Waals surface area contributed by atoms with Crippen molar-refractivity contribution in [3.05, 3.63) is 47.1 Å². The van der Waals surface area contributed by atoms with Gasteiger partial charge in [0.25, 0.3) is 0 Å². The predicted octanol–water partition coefficient (Wildman–Crippen LogP) is 0.750. The molecule has 0 bridgehead atoms. The zero-order valence-electron chi connectivity index (χ0n) is 9.84. The molecule has 94 valence electrons. The number of carbonyl (C=O) groups excluding carboxylic acids is 1. The Balaban J connectivity index is 2.13. The highest BCUT2D eigenvalue weighted by Gasteiger charge is 2.03. The first kappa shape index (κ1) is 12.1. The number of carbonyl (C=O) groups is 1. The van der Waals surface area contributed by atoms with E-state index < -0.39 is 0 Å². The number of H-pyrrole nitrogens is 1. The number of benzene rings is 1. The molecule has 0 aliphatic rings. The van der Waals surface area contributed by atoms with Crippen molar-refractivity contribution in [2.24, 2.45) is 0 Å². The van der Waals surface area contributed by atoms with Gasteiger partial charge in [-0.25, -0.2) is 4.79 Å². The first-order chi connectivity index (χ1) is 8.70. The maximum atomic E-state index is 11.4. The van der Waals surface area contributed by atoms with E-state index in [4.69, 9.17) is 4.74 Å². The summed E-state index contributed by atoms with van der Waals surface area (Å²) in [6.45, 7) is 0.0129. The maximum Gasteiger partial charge on any atom is 0.330 e. The highest BCUT2D eigenvalue weighted by atomic mass is 16.5. The monoisotopic (exact) mass is 247 g/mol. The standard InChI is InChI=1S/C12H13N3O3/c1-18-8-11(16)14-9-2-4-10(5-3-9)15-7-6-13-12(15)17/h2-7H,8H2,1H3,(H,13,17)(H,14,16). The van der Waals surface area contributed by atoms with Crippen LogP contribution in [0.2, 0.25) is 0 Å². The van der Waals surface area contributed by atoms with Crippen molar-refractivity contribution < 1.29 is 9.53 Å². The maximum absolute atomic E-state index is 11.4. The molecule has 0 aliphatic carbocycles. The van der Waals surface area contributed by atoms with Crippen molar-refractivity contribution in [2.75, 3.05) is 19.0 Å². The third-order valence-corrected chi connectivity index (χ3v) is 2.35. The van der Waals surface area contributed by atoms with E-state index in [0.717, 1.165) is 5.69 Å². The molecular weight excluding hydrogens is 234 g/mol. The third-order valence-electron chi connectivity index (χ3n) is 2.35. The number of ether oxygens (including phenoxy) is 1. The number of amides is 1. The minimum Gasteiger partial charge on any atom is -0.375 e. The Bertz CT molecular complexity index is 583. The average molecular weight is 247 g/mol. The van der Waals surface area contributed by atoms with Crippen LogP contribution in [-0.2, 0) is 9.53 Å². The summed E-state index contributed by atoms with van der Waals surface area (Å²) >= 11 is 0. The van der Waals surface area contributed by atoms with Crippen molar-refractivity contribution >= 4 is 11.6 Å². The largest absolute Gasteiger partial charge is 0.375 e. The number of aromatic nitrogens is 2. The smallest absolute Gasteiger partial charge is 0.330 e. The molecule has 1 aromatic heterocycles. The van der Waals surface area contributed by atoms with Gasteiger partial charge < -0.3 is 15.0 Å². The molecule has 0 saturated carbocycles. The summed E-state index contributed by atoms with van der Waals surface area (Å²) in [6, 6.07) is 6.94. The summed E-state index contributed by atoms with van der Waals surface area (Å²) in [5, 5.41) is 2.67. The number of nitrogens with one attached hydrogen (secondary N) is 2. The lowest BCUT2D eigenvalue weighted by molar-refractivity contribution is -0.119. The van der Waals surface area contributed by atoms with Crippen molar-refractivity contribution in [2.45, 2.75) is 0 Å². The van der Waals surface area contributed by atoms with Gasteiger partial charge in [-0.2, -0.15) is 0 Å². The van der Waals surface area contributed by atoms with E-state index in [9.17, 15) is 9.59 Å². The van der Waals surface area contributed by atoms with Gasteiger partial charge in [-0.15, -0.1) is 0 Å². The molecule has 0 spiro atoms. The number of hydrogen-bond acceptors (Lipinski definition) is 3. The Kier molecular flexibility index (Phi) is 3.59. The lowest BCUT2D eigenvalue weighted by atomic mass is 10.2. The molecule has 6 heteroatoms. The number of imidazole rings is 1. The van der Waals surface area contributed by atoms with Gasteiger partial charge in [0.1, 0.15) is 6.61 Å². The zero-order valence-corrected chi connectivity index (χ0v) is 9.84. The molecule has 0 fully saturated rings. The van der Waals surface area contributed by atoms with Gasteiger partial charge in [0.2, 0.25) is 5.91 Å². The second-order valence-electron chi connectivity index (χ2n) is 3.66. The highest BCUT2D eigenvalue weighted by Crippen LogP contribution is 2.11. The Morgan fingerprint density at radius 2 is 2.11 bits per heavy atom. The van der Waals surface area contributed by atoms with Crippen LogP contribution in [0.5, 0.6) is 0 Å². The summed E-state index contributed by atoms with van der Waals surface area (Å²) < 4.78 is 6.19. The van der Waals surface area contributed by atoms with Crippen LogP contribution in [0.15, 0.2) is 41.5 Å². The van der Waals surface area contributed by atoms with Crippen molar-refractivity contribution in [3.63, 3.8) is 0 Å². The van der Waals surface area contributed by atoms with Gasteiger partial charge in [-0.3, -0.25) is 9.36 Å². The second kappa shape index (κ2) is 5.33. The van der Waals surface area contributed by atoms with Gasteiger partial charge in [-0.05, 0) is 24.3 Å². The molecule has 0 unspecified atom stereocenters.